The van der Waals surface area contributed by atoms with E-state index in [-0.39, 0.29) is 30.8 Å². The van der Waals surface area contributed by atoms with E-state index >= 15 is 0 Å². The van der Waals surface area contributed by atoms with Gasteiger partial charge in [-0.1, -0.05) is 13.8 Å². The second-order valence-corrected chi connectivity index (χ2v) is 4.62. The van der Waals surface area contributed by atoms with Crippen LogP contribution in [0.25, 0.3) is 0 Å². The highest BCUT2D eigenvalue weighted by atomic mass is 16.2. The molecule has 0 aromatic carbocycles. The van der Waals surface area contributed by atoms with Gasteiger partial charge in [0, 0.05) is 6.54 Å². The standard InChI is InChI=1S/C11H19N3O3/c1-7(2)4-13-9(15)6-14-10(16)5-12-8(3)11(14)17/h7-8,12H,4-6H2,1-3H3,(H,13,15). The molecule has 0 aliphatic carbocycles. The maximum atomic E-state index is 11.7. The van der Waals surface area contributed by atoms with Crippen LogP contribution >= 0.6 is 0 Å². The van der Waals surface area contributed by atoms with Crippen molar-refractivity contribution in [1.29, 1.82) is 0 Å². The molecule has 1 saturated heterocycles. The predicted octanol–water partition coefficient (Wildman–Crippen LogP) is -0.894. The molecule has 6 nitrogen and oxygen atoms in total. The SMILES string of the molecule is CC(C)CNC(=O)CN1C(=O)CNC(C)C1=O. The first-order valence-electron chi connectivity index (χ1n) is 5.76. The van der Waals surface area contributed by atoms with Gasteiger partial charge in [-0.25, -0.2) is 0 Å². The molecule has 0 spiro atoms. The topological polar surface area (TPSA) is 78.5 Å². The maximum Gasteiger partial charge on any atom is 0.246 e. The number of amides is 3. The van der Waals surface area contributed by atoms with Crippen molar-refractivity contribution in [1.82, 2.24) is 15.5 Å². The number of imide groups is 1. The van der Waals surface area contributed by atoms with Crippen molar-refractivity contribution < 1.29 is 14.4 Å². The first-order valence-corrected chi connectivity index (χ1v) is 5.76. The zero-order valence-corrected chi connectivity index (χ0v) is 10.4. The Hall–Kier alpha value is -1.43. The molecule has 96 valence electrons. The average molecular weight is 241 g/mol. The first kappa shape index (κ1) is 13.6. The zero-order valence-electron chi connectivity index (χ0n) is 10.4. The average Bonchev–Trinajstić information content (AvgIpc) is 2.27. The monoisotopic (exact) mass is 241 g/mol. The molecule has 1 atom stereocenters. The highest BCUT2D eigenvalue weighted by Crippen LogP contribution is 2.02. The normalized spacial score (nSPS) is 20.9. The number of carbonyl (C=O) groups excluding carboxylic acids is 3. The number of carbonyl (C=O) groups is 3. The number of hydrogen-bond donors (Lipinski definition) is 2. The minimum atomic E-state index is -0.411. The molecule has 1 aliphatic rings. The summed E-state index contributed by atoms with van der Waals surface area (Å²) in [5.74, 6) is -0.657. The van der Waals surface area contributed by atoms with E-state index in [1.807, 2.05) is 13.8 Å². The van der Waals surface area contributed by atoms with Crippen molar-refractivity contribution in [3.63, 3.8) is 0 Å². The van der Waals surface area contributed by atoms with Crippen LogP contribution in [0.4, 0.5) is 0 Å². The van der Waals surface area contributed by atoms with Crippen LogP contribution in [0.5, 0.6) is 0 Å². The number of nitrogens with one attached hydrogen (secondary N) is 2. The van der Waals surface area contributed by atoms with Crippen molar-refractivity contribution >= 4 is 17.7 Å². The van der Waals surface area contributed by atoms with Gasteiger partial charge in [0.2, 0.25) is 17.7 Å². The second kappa shape index (κ2) is 5.77. The summed E-state index contributed by atoms with van der Waals surface area (Å²) in [5, 5.41) is 5.44. The van der Waals surface area contributed by atoms with Crippen LogP contribution in [0.2, 0.25) is 0 Å². The lowest BCUT2D eigenvalue weighted by atomic mass is 10.2. The van der Waals surface area contributed by atoms with Gasteiger partial charge in [0.25, 0.3) is 0 Å². The van der Waals surface area contributed by atoms with Crippen molar-refractivity contribution in [2.75, 3.05) is 19.6 Å². The highest BCUT2D eigenvalue weighted by molar-refractivity contribution is 6.03. The lowest BCUT2D eigenvalue weighted by Gasteiger charge is -2.29. The molecule has 3 amide bonds. The number of piperazine rings is 1. The summed E-state index contributed by atoms with van der Waals surface area (Å²) in [4.78, 5) is 35.7. The van der Waals surface area contributed by atoms with Gasteiger partial charge in [-0.3, -0.25) is 24.6 Å². The summed E-state index contributed by atoms with van der Waals surface area (Å²) in [6.45, 7) is 6.09. The molecule has 0 radical (unpaired) electrons. The van der Waals surface area contributed by atoms with Gasteiger partial charge in [-0.2, -0.15) is 0 Å². The third kappa shape index (κ3) is 3.81. The lowest BCUT2D eigenvalue weighted by Crippen LogP contribution is -2.59. The Balaban J connectivity index is 2.51. The Kier molecular flexibility index (Phi) is 4.62. The van der Waals surface area contributed by atoms with Crippen molar-refractivity contribution in [3.8, 4) is 0 Å². The number of nitrogens with zero attached hydrogens (tertiary/aromatic N) is 1. The van der Waals surface area contributed by atoms with E-state index in [2.05, 4.69) is 10.6 Å². The molecule has 1 unspecified atom stereocenters. The Bertz CT molecular complexity index is 328. The quantitative estimate of drug-likeness (QED) is 0.626. The van der Waals surface area contributed by atoms with Gasteiger partial charge in [0.15, 0.2) is 0 Å². The van der Waals surface area contributed by atoms with Crippen LogP contribution in [0.15, 0.2) is 0 Å². The predicted molar refractivity (Wildman–Crippen MR) is 62.0 cm³/mol. The smallest absolute Gasteiger partial charge is 0.246 e. The van der Waals surface area contributed by atoms with Crippen LogP contribution in [-0.2, 0) is 14.4 Å². The zero-order chi connectivity index (χ0) is 13.0. The Morgan fingerprint density at radius 1 is 1.53 bits per heavy atom. The summed E-state index contributed by atoms with van der Waals surface area (Å²) >= 11 is 0. The van der Waals surface area contributed by atoms with Crippen LogP contribution in [0.1, 0.15) is 20.8 Å². The largest absolute Gasteiger partial charge is 0.354 e. The van der Waals surface area contributed by atoms with Crippen LogP contribution < -0.4 is 10.6 Å². The van der Waals surface area contributed by atoms with E-state index in [0.717, 1.165) is 4.90 Å². The molecule has 0 saturated carbocycles. The molecule has 1 aliphatic heterocycles. The summed E-state index contributed by atoms with van der Waals surface area (Å²) in [6, 6.07) is -0.411. The lowest BCUT2D eigenvalue weighted by molar-refractivity contribution is -0.151. The Morgan fingerprint density at radius 3 is 2.76 bits per heavy atom. The summed E-state index contributed by atoms with van der Waals surface area (Å²) in [6.07, 6.45) is 0. The van der Waals surface area contributed by atoms with E-state index in [9.17, 15) is 14.4 Å². The third-order valence-electron chi connectivity index (χ3n) is 2.51. The van der Waals surface area contributed by atoms with Gasteiger partial charge < -0.3 is 5.32 Å². The molecule has 0 aromatic heterocycles. The summed E-state index contributed by atoms with van der Waals surface area (Å²) < 4.78 is 0. The van der Waals surface area contributed by atoms with Gasteiger partial charge in [-0.15, -0.1) is 0 Å². The molecular weight excluding hydrogens is 222 g/mol. The van der Waals surface area contributed by atoms with Crippen molar-refractivity contribution in [2.24, 2.45) is 5.92 Å². The molecule has 0 aromatic rings. The minimum Gasteiger partial charge on any atom is -0.354 e. The van der Waals surface area contributed by atoms with Crippen molar-refractivity contribution in [2.45, 2.75) is 26.8 Å². The van der Waals surface area contributed by atoms with Crippen LogP contribution in [-0.4, -0.2) is 48.3 Å². The molecule has 1 heterocycles. The molecule has 2 N–H and O–H groups in total. The fraction of sp³-hybridized carbons (Fsp3) is 0.727. The number of hydrogen-bond acceptors (Lipinski definition) is 4. The first-order chi connectivity index (χ1) is 7.91. The summed E-state index contributed by atoms with van der Waals surface area (Å²) in [7, 11) is 0. The Morgan fingerprint density at radius 2 is 2.18 bits per heavy atom. The van der Waals surface area contributed by atoms with Crippen LogP contribution in [0.3, 0.4) is 0 Å². The fourth-order valence-corrected chi connectivity index (χ4v) is 1.46. The van der Waals surface area contributed by atoms with Gasteiger partial charge >= 0.3 is 0 Å². The second-order valence-electron chi connectivity index (χ2n) is 4.62. The Labute approximate surface area is 101 Å². The van der Waals surface area contributed by atoms with Crippen LogP contribution in [0, 0.1) is 5.92 Å². The van der Waals surface area contributed by atoms with E-state index in [4.69, 9.17) is 0 Å². The fourth-order valence-electron chi connectivity index (χ4n) is 1.46. The van der Waals surface area contributed by atoms with Gasteiger partial charge in [0.05, 0.1) is 12.6 Å². The molecule has 17 heavy (non-hydrogen) atoms. The number of rotatable bonds is 4. The minimum absolute atomic E-state index is 0.102. The van der Waals surface area contributed by atoms with Crippen molar-refractivity contribution in [3.05, 3.63) is 0 Å². The molecule has 0 bridgehead atoms. The molecule has 6 heteroatoms. The highest BCUT2D eigenvalue weighted by Gasteiger charge is 2.32. The van der Waals surface area contributed by atoms with Gasteiger partial charge in [-0.05, 0) is 12.8 Å². The van der Waals surface area contributed by atoms with E-state index < -0.39 is 6.04 Å². The molecule has 1 rings (SSSR count). The maximum absolute atomic E-state index is 11.7. The van der Waals surface area contributed by atoms with Gasteiger partial charge in [0.1, 0.15) is 6.54 Å². The summed E-state index contributed by atoms with van der Waals surface area (Å²) in [5.41, 5.74) is 0. The third-order valence-corrected chi connectivity index (χ3v) is 2.51. The van der Waals surface area contributed by atoms with E-state index in [0.29, 0.717) is 12.5 Å². The molecular formula is C11H19N3O3. The van der Waals surface area contributed by atoms with E-state index in [1.165, 1.54) is 0 Å². The van der Waals surface area contributed by atoms with E-state index in [1.54, 1.807) is 6.92 Å². The molecule has 1 fully saturated rings.